The molecule has 2 aromatic carbocycles. The maximum atomic E-state index is 13.1. The number of amides is 1. The number of methoxy groups -OCH3 is 2. The van der Waals surface area contributed by atoms with Gasteiger partial charge in [0.25, 0.3) is 5.56 Å². The zero-order valence-corrected chi connectivity index (χ0v) is 18.9. The van der Waals surface area contributed by atoms with Crippen LogP contribution < -0.4 is 15.0 Å². The van der Waals surface area contributed by atoms with Crippen LogP contribution in [-0.4, -0.2) is 72.4 Å². The molecule has 0 radical (unpaired) electrons. The molecule has 1 fully saturated rings. The maximum absolute atomic E-state index is 13.1. The normalized spacial score (nSPS) is 14.7. The van der Waals surface area contributed by atoms with Gasteiger partial charge < -0.3 is 14.4 Å². The van der Waals surface area contributed by atoms with Crippen LogP contribution in [0.15, 0.2) is 59.5 Å². The van der Waals surface area contributed by atoms with Crippen LogP contribution in [0.4, 0.5) is 0 Å². The molecule has 1 aromatic heterocycles. The summed E-state index contributed by atoms with van der Waals surface area (Å²) in [4.78, 5) is 30.0. The summed E-state index contributed by atoms with van der Waals surface area (Å²) in [5.41, 5.74) is 0.801. The average molecular weight is 449 g/mol. The third-order valence-corrected chi connectivity index (χ3v) is 5.85. The molecule has 1 aliphatic heterocycles. The van der Waals surface area contributed by atoms with Gasteiger partial charge in [-0.15, -0.1) is 0 Å². The molecule has 0 N–H and O–H groups in total. The third-order valence-electron chi connectivity index (χ3n) is 5.85. The lowest BCUT2D eigenvalue weighted by molar-refractivity contribution is -0.133. The van der Waals surface area contributed by atoms with Gasteiger partial charge in [0.15, 0.2) is 11.5 Å². The Balaban J connectivity index is 1.38. The van der Waals surface area contributed by atoms with Gasteiger partial charge >= 0.3 is 0 Å². The van der Waals surface area contributed by atoms with E-state index in [9.17, 15) is 9.59 Å². The van der Waals surface area contributed by atoms with Crippen molar-refractivity contribution in [3.05, 3.63) is 70.7 Å². The van der Waals surface area contributed by atoms with Crippen LogP contribution >= 0.6 is 0 Å². The van der Waals surface area contributed by atoms with Crippen molar-refractivity contribution in [3.8, 4) is 11.5 Å². The summed E-state index contributed by atoms with van der Waals surface area (Å²) in [5, 5.41) is 5.19. The second-order valence-electron chi connectivity index (χ2n) is 7.87. The van der Waals surface area contributed by atoms with Crippen LogP contribution in [0.2, 0.25) is 0 Å². The third kappa shape index (κ3) is 5.06. The van der Waals surface area contributed by atoms with E-state index in [4.69, 9.17) is 9.47 Å². The number of carbonyl (C=O) groups is 1. The number of hydrogen-bond donors (Lipinski definition) is 0. The Labute approximate surface area is 192 Å². The van der Waals surface area contributed by atoms with Crippen LogP contribution in [0, 0.1) is 0 Å². The zero-order valence-electron chi connectivity index (χ0n) is 18.9. The predicted molar refractivity (Wildman–Crippen MR) is 128 cm³/mol. The summed E-state index contributed by atoms with van der Waals surface area (Å²) in [5.74, 6) is 0.690. The van der Waals surface area contributed by atoms with Crippen LogP contribution in [0.3, 0.4) is 0 Å². The van der Waals surface area contributed by atoms with Crippen molar-refractivity contribution in [2.75, 3.05) is 46.9 Å². The second kappa shape index (κ2) is 10.3. The number of aromatic nitrogens is 2. The van der Waals surface area contributed by atoms with Crippen molar-refractivity contribution in [2.24, 2.45) is 0 Å². The fourth-order valence-electron chi connectivity index (χ4n) is 4.01. The van der Waals surface area contributed by atoms with E-state index < -0.39 is 0 Å². The smallest absolute Gasteiger partial charge is 0.279 e. The first kappa shape index (κ1) is 22.5. The molecule has 1 aliphatic rings. The first-order valence-electron chi connectivity index (χ1n) is 10.9. The van der Waals surface area contributed by atoms with Gasteiger partial charge in [0.05, 0.1) is 25.8 Å². The van der Waals surface area contributed by atoms with E-state index in [1.54, 1.807) is 23.2 Å². The number of nitrogens with zero attached hydrogens (tertiary/aromatic N) is 4. The van der Waals surface area contributed by atoms with Gasteiger partial charge in [-0.25, -0.2) is 4.68 Å². The Bertz CT molecular complexity index is 1200. The molecule has 33 heavy (non-hydrogen) atoms. The van der Waals surface area contributed by atoms with Gasteiger partial charge in [0.2, 0.25) is 5.91 Å². The fraction of sp³-hybridized carbons (Fsp3) is 0.320. The molecule has 4 rings (SSSR count). The molecule has 8 heteroatoms. The van der Waals surface area contributed by atoms with Crippen molar-refractivity contribution in [1.82, 2.24) is 19.6 Å². The van der Waals surface area contributed by atoms with Gasteiger partial charge in [-0.1, -0.05) is 42.5 Å². The minimum atomic E-state index is -0.374. The lowest BCUT2D eigenvalue weighted by Gasteiger charge is -2.34. The van der Waals surface area contributed by atoms with Crippen LogP contribution in [0.1, 0.15) is 5.56 Å². The number of rotatable bonds is 7. The topological polar surface area (TPSA) is 76.9 Å². The van der Waals surface area contributed by atoms with Gasteiger partial charge in [-0.2, -0.15) is 5.10 Å². The monoisotopic (exact) mass is 448 g/mol. The lowest BCUT2D eigenvalue weighted by atomic mass is 10.1. The van der Waals surface area contributed by atoms with E-state index in [2.05, 4.69) is 34.3 Å². The second-order valence-corrected chi connectivity index (χ2v) is 7.87. The van der Waals surface area contributed by atoms with E-state index in [1.165, 1.54) is 24.5 Å². The molecular formula is C25H28N4O4. The van der Waals surface area contributed by atoms with Gasteiger partial charge in [-0.3, -0.25) is 14.5 Å². The molecule has 0 bridgehead atoms. The van der Waals surface area contributed by atoms with E-state index in [0.29, 0.717) is 35.4 Å². The number of ether oxygens (including phenoxy) is 2. The van der Waals surface area contributed by atoms with E-state index in [-0.39, 0.29) is 18.0 Å². The Kier molecular flexibility index (Phi) is 7.04. The SMILES string of the molecule is COc1ccc2cnn(CC(=O)N3CCN(CC=Cc4ccccc4)CC3)c(=O)c2c1OC. The van der Waals surface area contributed by atoms with Crippen LogP contribution in [0.5, 0.6) is 11.5 Å². The highest BCUT2D eigenvalue weighted by Gasteiger charge is 2.22. The minimum Gasteiger partial charge on any atom is -0.493 e. The van der Waals surface area contributed by atoms with E-state index >= 15 is 0 Å². The first-order valence-corrected chi connectivity index (χ1v) is 10.9. The highest BCUT2D eigenvalue weighted by Crippen LogP contribution is 2.32. The lowest BCUT2D eigenvalue weighted by Crippen LogP contribution is -2.50. The molecule has 8 nitrogen and oxygen atoms in total. The molecule has 0 unspecified atom stereocenters. The molecule has 3 aromatic rings. The summed E-state index contributed by atoms with van der Waals surface area (Å²) in [6.07, 6.45) is 5.83. The molecule has 0 spiro atoms. The Hall–Kier alpha value is -3.65. The maximum Gasteiger partial charge on any atom is 0.279 e. The fourth-order valence-corrected chi connectivity index (χ4v) is 4.01. The summed E-state index contributed by atoms with van der Waals surface area (Å²) < 4.78 is 11.9. The molecule has 0 aliphatic carbocycles. The number of fused-ring (bicyclic) bond motifs is 1. The summed E-state index contributed by atoms with van der Waals surface area (Å²) in [6.45, 7) is 3.55. The van der Waals surface area contributed by atoms with Gasteiger partial charge in [0, 0.05) is 38.1 Å². The summed E-state index contributed by atoms with van der Waals surface area (Å²) in [6, 6.07) is 13.7. The molecule has 172 valence electrons. The van der Waals surface area contributed by atoms with Crippen LogP contribution in [-0.2, 0) is 11.3 Å². The standard InChI is InChI=1S/C25H28N4O4/c1-32-21-11-10-20-17-26-29(25(31)23(20)24(21)33-2)18-22(30)28-15-13-27(14-16-28)12-6-9-19-7-4-3-5-8-19/h3-11,17H,12-16,18H2,1-2H3. The minimum absolute atomic E-state index is 0.108. The van der Waals surface area contributed by atoms with Crippen molar-refractivity contribution in [1.29, 1.82) is 0 Å². The molecule has 0 saturated carbocycles. The Morgan fingerprint density at radius 3 is 2.48 bits per heavy atom. The summed E-state index contributed by atoms with van der Waals surface area (Å²) in [7, 11) is 3.01. The Morgan fingerprint density at radius 2 is 1.79 bits per heavy atom. The Morgan fingerprint density at radius 1 is 1.03 bits per heavy atom. The highest BCUT2D eigenvalue weighted by molar-refractivity contribution is 5.89. The molecule has 1 amide bonds. The number of carbonyl (C=O) groups excluding carboxylic acids is 1. The summed E-state index contributed by atoms with van der Waals surface area (Å²) >= 11 is 0. The molecule has 1 saturated heterocycles. The highest BCUT2D eigenvalue weighted by atomic mass is 16.5. The number of benzene rings is 2. The van der Waals surface area contributed by atoms with Crippen molar-refractivity contribution < 1.29 is 14.3 Å². The van der Waals surface area contributed by atoms with Crippen LogP contribution in [0.25, 0.3) is 16.8 Å². The largest absolute Gasteiger partial charge is 0.493 e. The van der Waals surface area contributed by atoms with Gasteiger partial charge in [0.1, 0.15) is 6.54 Å². The molecular weight excluding hydrogens is 420 g/mol. The number of hydrogen-bond acceptors (Lipinski definition) is 6. The molecule has 2 heterocycles. The number of piperazine rings is 1. The average Bonchev–Trinajstić information content (AvgIpc) is 2.86. The quantitative estimate of drug-likeness (QED) is 0.552. The van der Waals surface area contributed by atoms with Crippen molar-refractivity contribution >= 4 is 22.8 Å². The van der Waals surface area contributed by atoms with Gasteiger partial charge in [-0.05, 0) is 17.7 Å². The zero-order chi connectivity index (χ0) is 23.2. The van der Waals surface area contributed by atoms with E-state index in [0.717, 1.165) is 19.6 Å². The molecule has 0 atom stereocenters. The predicted octanol–water partition coefficient (Wildman–Crippen LogP) is 2.27. The van der Waals surface area contributed by atoms with E-state index in [1.807, 2.05) is 18.2 Å². The first-order chi connectivity index (χ1) is 16.1. The van der Waals surface area contributed by atoms with Crippen molar-refractivity contribution in [3.63, 3.8) is 0 Å². The van der Waals surface area contributed by atoms with Crippen molar-refractivity contribution in [2.45, 2.75) is 6.54 Å².